The molecule has 0 saturated heterocycles. The summed E-state index contributed by atoms with van der Waals surface area (Å²) in [4.78, 5) is 10.5. The Morgan fingerprint density at radius 1 is 1.47 bits per heavy atom. The van der Waals surface area contributed by atoms with Crippen molar-refractivity contribution < 1.29 is 19.7 Å². The number of carboxylic acids is 1. The van der Waals surface area contributed by atoms with E-state index in [-0.39, 0.29) is 12.2 Å². The molecule has 0 aliphatic rings. The van der Waals surface area contributed by atoms with Gasteiger partial charge >= 0.3 is 5.97 Å². The molecule has 0 aliphatic carbocycles. The van der Waals surface area contributed by atoms with Gasteiger partial charge in [-0.15, -0.1) is 0 Å². The quantitative estimate of drug-likeness (QED) is 0.777. The second-order valence-electron chi connectivity index (χ2n) is 3.21. The molecule has 0 heterocycles. The van der Waals surface area contributed by atoms with Crippen LogP contribution < -0.4 is 4.74 Å². The summed E-state index contributed by atoms with van der Waals surface area (Å²) in [7, 11) is 0. The average molecular weight is 210 g/mol. The van der Waals surface area contributed by atoms with Crippen LogP contribution in [-0.2, 0) is 11.2 Å². The van der Waals surface area contributed by atoms with Gasteiger partial charge in [-0.2, -0.15) is 0 Å². The lowest BCUT2D eigenvalue weighted by atomic mass is 10.1. The highest BCUT2D eigenvalue weighted by molar-refractivity contribution is 5.71. The van der Waals surface area contributed by atoms with Gasteiger partial charge in [0, 0.05) is 5.56 Å². The highest BCUT2D eigenvalue weighted by Gasteiger charge is 2.07. The smallest absolute Gasteiger partial charge is 0.307 e. The van der Waals surface area contributed by atoms with Crippen LogP contribution in [0.2, 0.25) is 0 Å². The molecule has 1 rings (SSSR count). The van der Waals surface area contributed by atoms with Gasteiger partial charge in [-0.05, 0) is 24.6 Å². The second-order valence-corrected chi connectivity index (χ2v) is 3.21. The first-order chi connectivity index (χ1) is 7.13. The number of hydrogen-bond donors (Lipinski definition) is 2. The first kappa shape index (κ1) is 11.4. The molecule has 82 valence electrons. The molecule has 0 aromatic heterocycles. The molecule has 1 aromatic carbocycles. The van der Waals surface area contributed by atoms with Gasteiger partial charge < -0.3 is 14.9 Å². The van der Waals surface area contributed by atoms with Crippen molar-refractivity contribution in [1.29, 1.82) is 0 Å². The van der Waals surface area contributed by atoms with Crippen molar-refractivity contribution in [2.75, 3.05) is 6.61 Å². The highest BCUT2D eigenvalue weighted by Crippen LogP contribution is 2.23. The minimum Gasteiger partial charge on any atom is -0.508 e. The number of hydrogen-bond acceptors (Lipinski definition) is 3. The van der Waals surface area contributed by atoms with Crippen molar-refractivity contribution >= 4 is 5.97 Å². The molecular formula is C11H14O4. The minimum absolute atomic E-state index is 0.0127. The van der Waals surface area contributed by atoms with E-state index in [1.165, 1.54) is 6.07 Å². The molecule has 0 bridgehead atoms. The number of aromatic hydroxyl groups is 1. The molecule has 0 aliphatic heterocycles. The monoisotopic (exact) mass is 210 g/mol. The SMILES string of the molecule is CCCOc1ccc(O)c(CC(=O)O)c1. The normalized spacial score (nSPS) is 9.93. The Labute approximate surface area is 88.1 Å². The molecule has 0 unspecified atom stereocenters. The number of phenols is 1. The van der Waals surface area contributed by atoms with E-state index >= 15 is 0 Å². The standard InChI is InChI=1S/C11H14O4/c1-2-5-15-9-3-4-10(12)8(6-9)7-11(13)14/h3-4,6,12H,2,5,7H2,1H3,(H,13,14). The van der Waals surface area contributed by atoms with Gasteiger partial charge in [0.15, 0.2) is 0 Å². The fourth-order valence-electron chi connectivity index (χ4n) is 1.18. The van der Waals surface area contributed by atoms with Gasteiger partial charge in [0.1, 0.15) is 11.5 Å². The van der Waals surface area contributed by atoms with E-state index in [0.29, 0.717) is 17.9 Å². The number of carboxylic acid groups (broad SMARTS) is 1. The Morgan fingerprint density at radius 3 is 2.80 bits per heavy atom. The Balaban J connectivity index is 2.80. The van der Waals surface area contributed by atoms with Gasteiger partial charge in [0.05, 0.1) is 13.0 Å². The van der Waals surface area contributed by atoms with E-state index in [1.54, 1.807) is 12.1 Å². The van der Waals surface area contributed by atoms with E-state index in [2.05, 4.69) is 0 Å². The number of aliphatic carboxylic acids is 1. The Kier molecular flexibility index (Phi) is 3.97. The zero-order valence-corrected chi connectivity index (χ0v) is 8.56. The third-order valence-corrected chi connectivity index (χ3v) is 1.87. The van der Waals surface area contributed by atoms with E-state index in [0.717, 1.165) is 6.42 Å². The maximum atomic E-state index is 10.5. The zero-order valence-electron chi connectivity index (χ0n) is 8.56. The summed E-state index contributed by atoms with van der Waals surface area (Å²) in [6.07, 6.45) is 0.685. The number of phenolic OH excluding ortho intramolecular Hbond substituents is 1. The summed E-state index contributed by atoms with van der Waals surface area (Å²) in [5.74, 6) is -0.398. The number of benzene rings is 1. The molecular weight excluding hydrogens is 196 g/mol. The first-order valence-corrected chi connectivity index (χ1v) is 4.80. The van der Waals surface area contributed by atoms with E-state index in [4.69, 9.17) is 9.84 Å². The van der Waals surface area contributed by atoms with Crippen LogP contribution in [0.1, 0.15) is 18.9 Å². The third kappa shape index (κ3) is 3.50. The van der Waals surface area contributed by atoms with Crippen LogP contribution in [-0.4, -0.2) is 22.8 Å². The molecule has 0 atom stereocenters. The summed E-state index contributed by atoms with van der Waals surface area (Å²) in [6.45, 7) is 2.57. The molecule has 2 N–H and O–H groups in total. The molecule has 15 heavy (non-hydrogen) atoms. The predicted molar refractivity (Wildman–Crippen MR) is 55.2 cm³/mol. The van der Waals surface area contributed by atoms with E-state index in [1.807, 2.05) is 6.92 Å². The van der Waals surface area contributed by atoms with Crippen molar-refractivity contribution in [1.82, 2.24) is 0 Å². The Morgan fingerprint density at radius 2 is 2.20 bits per heavy atom. The molecule has 0 fully saturated rings. The number of ether oxygens (including phenoxy) is 1. The van der Waals surface area contributed by atoms with Crippen molar-refractivity contribution in [3.63, 3.8) is 0 Å². The predicted octanol–water partition coefficient (Wildman–Crippen LogP) is 1.81. The molecule has 0 radical (unpaired) electrons. The van der Waals surface area contributed by atoms with Crippen molar-refractivity contribution in [3.8, 4) is 11.5 Å². The molecule has 0 amide bonds. The first-order valence-electron chi connectivity index (χ1n) is 4.80. The summed E-state index contributed by atoms with van der Waals surface area (Å²) in [5.41, 5.74) is 0.371. The highest BCUT2D eigenvalue weighted by atomic mass is 16.5. The largest absolute Gasteiger partial charge is 0.508 e. The van der Waals surface area contributed by atoms with Crippen LogP contribution in [0, 0.1) is 0 Å². The molecule has 4 nitrogen and oxygen atoms in total. The lowest BCUT2D eigenvalue weighted by Crippen LogP contribution is -2.01. The molecule has 4 heteroatoms. The van der Waals surface area contributed by atoms with Crippen LogP contribution >= 0.6 is 0 Å². The van der Waals surface area contributed by atoms with Crippen LogP contribution in [0.4, 0.5) is 0 Å². The summed E-state index contributed by atoms with van der Waals surface area (Å²) in [5, 5.41) is 18.0. The van der Waals surface area contributed by atoms with Crippen molar-refractivity contribution in [3.05, 3.63) is 23.8 Å². The van der Waals surface area contributed by atoms with Gasteiger partial charge in [-0.25, -0.2) is 0 Å². The van der Waals surface area contributed by atoms with Crippen LogP contribution in [0.15, 0.2) is 18.2 Å². The van der Waals surface area contributed by atoms with Crippen molar-refractivity contribution in [2.45, 2.75) is 19.8 Å². The maximum absolute atomic E-state index is 10.5. The fourth-order valence-corrected chi connectivity index (χ4v) is 1.18. The second kappa shape index (κ2) is 5.24. The lowest BCUT2D eigenvalue weighted by molar-refractivity contribution is -0.136. The Hall–Kier alpha value is -1.71. The van der Waals surface area contributed by atoms with Gasteiger partial charge in [-0.3, -0.25) is 4.79 Å². The lowest BCUT2D eigenvalue weighted by Gasteiger charge is -2.07. The summed E-state index contributed by atoms with van der Waals surface area (Å²) >= 11 is 0. The van der Waals surface area contributed by atoms with Crippen molar-refractivity contribution in [2.24, 2.45) is 0 Å². The summed E-state index contributed by atoms with van der Waals surface area (Å²) < 4.78 is 5.33. The summed E-state index contributed by atoms with van der Waals surface area (Å²) in [6, 6.07) is 4.62. The van der Waals surface area contributed by atoms with E-state index < -0.39 is 5.97 Å². The van der Waals surface area contributed by atoms with Crippen LogP contribution in [0.5, 0.6) is 11.5 Å². The van der Waals surface area contributed by atoms with Gasteiger partial charge in [0.2, 0.25) is 0 Å². The molecule has 1 aromatic rings. The average Bonchev–Trinajstić information content (AvgIpc) is 2.18. The van der Waals surface area contributed by atoms with Gasteiger partial charge in [-0.1, -0.05) is 6.92 Å². The molecule has 0 spiro atoms. The van der Waals surface area contributed by atoms with Crippen LogP contribution in [0.25, 0.3) is 0 Å². The fraction of sp³-hybridized carbons (Fsp3) is 0.364. The zero-order chi connectivity index (χ0) is 11.3. The maximum Gasteiger partial charge on any atom is 0.307 e. The van der Waals surface area contributed by atoms with E-state index in [9.17, 15) is 9.90 Å². The van der Waals surface area contributed by atoms with Crippen LogP contribution in [0.3, 0.4) is 0 Å². The molecule has 0 saturated carbocycles. The number of rotatable bonds is 5. The van der Waals surface area contributed by atoms with Gasteiger partial charge in [0.25, 0.3) is 0 Å². The minimum atomic E-state index is -0.974. The third-order valence-electron chi connectivity index (χ3n) is 1.87. The topological polar surface area (TPSA) is 66.8 Å². The number of carbonyl (C=O) groups is 1. The Bertz CT molecular complexity index is 346.